The molecule has 0 N–H and O–H groups in total. The summed E-state index contributed by atoms with van der Waals surface area (Å²) in [4.78, 5) is 2.38. The van der Waals surface area contributed by atoms with Gasteiger partial charge in [0.2, 0.25) is 0 Å². The molecule has 1 atom stereocenters. The standard InChI is InChI=1S/C52H34N2O2/c1-2-13-34-31-50-45(30-33(34)12-1)44-19-11-18-43(52(44)56-50)40-16-5-7-20-46(40)53(37-28-29-42-41-17-6-10-23-49(41)55-51(42)32-37)35-24-26-36(27-25-35)54-47-21-8-3-14-38(47)39-15-4-9-22-48(39)54/h1-17,19-32,43H,18H2. The van der Waals surface area contributed by atoms with E-state index in [1.807, 2.05) is 12.1 Å². The number of aromatic nitrogens is 1. The highest BCUT2D eigenvalue weighted by atomic mass is 16.3. The molecule has 0 bridgehead atoms. The molecule has 0 amide bonds. The number of hydrogen-bond acceptors (Lipinski definition) is 3. The van der Waals surface area contributed by atoms with Gasteiger partial charge in [-0.2, -0.15) is 0 Å². The van der Waals surface area contributed by atoms with Crippen LogP contribution in [-0.2, 0) is 0 Å². The number of benzene rings is 8. The molecule has 0 saturated carbocycles. The minimum Gasteiger partial charge on any atom is -0.460 e. The molecular weight excluding hydrogens is 685 g/mol. The summed E-state index contributed by atoms with van der Waals surface area (Å²) in [7, 11) is 0. The Kier molecular flexibility index (Phi) is 6.72. The zero-order chi connectivity index (χ0) is 36.7. The fourth-order valence-electron chi connectivity index (χ4n) is 9.17. The Hall–Kier alpha value is -7.30. The van der Waals surface area contributed by atoms with E-state index in [1.165, 1.54) is 43.7 Å². The summed E-state index contributed by atoms with van der Waals surface area (Å²) in [5, 5.41) is 8.29. The van der Waals surface area contributed by atoms with E-state index in [2.05, 4.69) is 185 Å². The summed E-state index contributed by atoms with van der Waals surface area (Å²) in [6.07, 6.45) is 5.39. The van der Waals surface area contributed by atoms with Gasteiger partial charge in [0.25, 0.3) is 0 Å². The molecule has 0 fully saturated rings. The van der Waals surface area contributed by atoms with Crippen molar-refractivity contribution >= 4 is 88.6 Å². The van der Waals surface area contributed by atoms with Crippen molar-refractivity contribution in [1.82, 2.24) is 4.57 Å². The van der Waals surface area contributed by atoms with Gasteiger partial charge in [0, 0.05) is 61.5 Å². The predicted octanol–water partition coefficient (Wildman–Crippen LogP) is 14.6. The molecule has 56 heavy (non-hydrogen) atoms. The van der Waals surface area contributed by atoms with Crippen molar-refractivity contribution in [2.24, 2.45) is 0 Å². The lowest BCUT2D eigenvalue weighted by Crippen LogP contribution is -2.15. The van der Waals surface area contributed by atoms with Crippen molar-refractivity contribution in [1.29, 1.82) is 0 Å². The minimum atomic E-state index is 0.0241. The Morgan fingerprint density at radius 2 is 1.11 bits per heavy atom. The van der Waals surface area contributed by atoms with Crippen LogP contribution < -0.4 is 4.90 Å². The van der Waals surface area contributed by atoms with E-state index in [1.54, 1.807) is 0 Å². The first kappa shape index (κ1) is 31.1. The second-order valence-electron chi connectivity index (χ2n) is 14.8. The van der Waals surface area contributed by atoms with Crippen molar-refractivity contribution < 1.29 is 8.83 Å². The van der Waals surface area contributed by atoms with Gasteiger partial charge in [-0.1, -0.05) is 109 Å². The van der Waals surface area contributed by atoms with Crippen LogP contribution in [0.2, 0.25) is 0 Å². The summed E-state index contributed by atoms with van der Waals surface area (Å²) in [5.41, 5.74) is 11.7. The Bertz CT molecular complexity index is 3310. The van der Waals surface area contributed by atoms with Crippen molar-refractivity contribution in [2.75, 3.05) is 4.90 Å². The predicted molar refractivity (Wildman–Crippen MR) is 232 cm³/mol. The monoisotopic (exact) mass is 718 g/mol. The summed E-state index contributed by atoms with van der Waals surface area (Å²) >= 11 is 0. The van der Waals surface area contributed by atoms with E-state index < -0.39 is 0 Å². The van der Waals surface area contributed by atoms with E-state index in [-0.39, 0.29) is 5.92 Å². The van der Waals surface area contributed by atoms with Crippen molar-refractivity contribution in [2.45, 2.75) is 12.3 Å². The third kappa shape index (κ3) is 4.66. The van der Waals surface area contributed by atoms with Crippen LogP contribution in [0.5, 0.6) is 0 Å². The SMILES string of the molecule is C1=Cc2c(oc3cc4ccccc4cc23)C(c2ccccc2N(c2ccc(-n3c4ccccc4c4ccccc43)cc2)c2ccc3c(c2)oc2ccccc23)C1. The molecule has 1 aliphatic rings. The van der Waals surface area contributed by atoms with E-state index >= 15 is 0 Å². The molecule has 8 aromatic carbocycles. The van der Waals surface area contributed by atoms with E-state index in [0.717, 1.165) is 67.8 Å². The van der Waals surface area contributed by atoms with Crippen LogP contribution in [-0.4, -0.2) is 4.57 Å². The number of furan rings is 2. The van der Waals surface area contributed by atoms with Gasteiger partial charge >= 0.3 is 0 Å². The van der Waals surface area contributed by atoms with Crippen LogP contribution in [0.1, 0.15) is 29.2 Å². The third-order valence-corrected chi connectivity index (χ3v) is 11.7. The van der Waals surface area contributed by atoms with Crippen LogP contribution in [0.3, 0.4) is 0 Å². The summed E-state index contributed by atoms with van der Waals surface area (Å²) in [6, 6.07) is 63.0. The molecule has 12 rings (SSSR count). The highest BCUT2D eigenvalue weighted by Gasteiger charge is 2.29. The fourth-order valence-corrected chi connectivity index (χ4v) is 9.17. The number of nitrogens with zero attached hydrogens (tertiary/aromatic N) is 2. The number of fused-ring (bicyclic) bond motifs is 10. The molecule has 11 aromatic rings. The zero-order valence-electron chi connectivity index (χ0n) is 30.4. The maximum atomic E-state index is 6.84. The number of hydrogen-bond donors (Lipinski definition) is 0. The van der Waals surface area contributed by atoms with Gasteiger partial charge in [0.1, 0.15) is 22.5 Å². The lowest BCUT2D eigenvalue weighted by atomic mass is 9.85. The molecule has 0 saturated heterocycles. The number of rotatable bonds is 5. The topological polar surface area (TPSA) is 34.5 Å². The van der Waals surface area contributed by atoms with Crippen molar-refractivity contribution in [3.05, 3.63) is 199 Å². The highest BCUT2D eigenvalue weighted by molar-refractivity contribution is 6.09. The van der Waals surface area contributed by atoms with Crippen LogP contribution >= 0.6 is 0 Å². The minimum absolute atomic E-state index is 0.0241. The molecule has 3 heterocycles. The van der Waals surface area contributed by atoms with E-state index in [4.69, 9.17) is 8.83 Å². The van der Waals surface area contributed by atoms with Gasteiger partial charge in [0.15, 0.2) is 0 Å². The van der Waals surface area contributed by atoms with Crippen molar-refractivity contribution in [3.8, 4) is 5.69 Å². The van der Waals surface area contributed by atoms with Gasteiger partial charge in [-0.15, -0.1) is 0 Å². The van der Waals surface area contributed by atoms with Crippen molar-refractivity contribution in [3.63, 3.8) is 0 Å². The van der Waals surface area contributed by atoms with Gasteiger partial charge in [-0.25, -0.2) is 0 Å². The van der Waals surface area contributed by atoms with Crippen LogP contribution in [0.4, 0.5) is 17.1 Å². The largest absolute Gasteiger partial charge is 0.460 e. The number of para-hydroxylation sites is 4. The normalized spacial score (nSPS) is 14.1. The summed E-state index contributed by atoms with van der Waals surface area (Å²) in [5.74, 6) is 1.04. The molecular formula is C52H34N2O2. The second-order valence-corrected chi connectivity index (χ2v) is 14.8. The second kappa shape index (κ2) is 12.1. The maximum absolute atomic E-state index is 6.84. The third-order valence-electron chi connectivity index (χ3n) is 11.7. The number of anilines is 3. The molecule has 1 aliphatic carbocycles. The summed E-state index contributed by atoms with van der Waals surface area (Å²) < 4.78 is 15.7. The first-order chi connectivity index (χ1) is 27.8. The molecule has 264 valence electrons. The quantitative estimate of drug-likeness (QED) is 0.178. The molecule has 4 nitrogen and oxygen atoms in total. The van der Waals surface area contributed by atoms with Gasteiger partial charge in [-0.3, -0.25) is 0 Å². The molecule has 4 heteroatoms. The molecule has 0 aliphatic heterocycles. The van der Waals surface area contributed by atoms with Gasteiger partial charge in [-0.05, 0) is 95.6 Å². The maximum Gasteiger partial charge on any atom is 0.137 e. The summed E-state index contributed by atoms with van der Waals surface area (Å²) in [6.45, 7) is 0. The van der Waals surface area contributed by atoms with Crippen LogP contribution in [0.15, 0.2) is 191 Å². The molecule has 0 radical (unpaired) electrons. The Morgan fingerprint density at radius 3 is 1.91 bits per heavy atom. The van der Waals surface area contributed by atoms with Crippen LogP contribution in [0.25, 0.3) is 77.2 Å². The average molecular weight is 719 g/mol. The van der Waals surface area contributed by atoms with Crippen LogP contribution in [0, 0.1) is 0 Å². The molecule has 3 aromatic heterocycles. The van der Waals surface area contributed by atoms with E-state index in [9.17, 15) is 0 Å². The Balaban J connectivity index is 1.04. The fraction of sp³-hybridized carbons (Fsp3) is 0.0385. The van der Waals surface area contributed by atoms with E-state index in [0.29, 0.717) is 0 Å². The molecule has 0 spiro atoms. The Morgan fingerprint density at radius 1 is 0.482 bits per heavy atom. The Labute approximate surface area is 322 Å². The van der Waals surface area contributed by atoms with Gasteiger partial charge in [0.05, 0.1) is 16.7 Å². The highest BCUT2D eigenvalue weighted by Crippen LogP contribution is 2.48. The van der Waals surface area contributed by atoms with Gasteiger partial charge < -0.3 is 18.3 Å². The average Bonchev–Trinajstić information content (AvgIpc) is 3.92. The first-order valence-electron chi connectivity index (χ1n) is 19.3. The lowest BCUT2D eigenvalue weighted by Gasteiger charge is -2.30. The smallest absolute Gasteiger partial charge is 0.137 e. The zero-order valence-corrected chi connectivity index (χ0v) is 30.4. The lowest BCUT2D eigenvalue weighted by molar-refractivity contribution is 0.517. The molecule has 1 unspecified atom stereocenters. The number of allylic oxidation sites excluding steroid dienone is 1. The first-order valence-corrected chi connectivity index (χ1v) is 19.3.